The van der Waals surface area contributed by atoms with Crippen LogP contribution in [0.4, 0.5) is 0 Å². The smallest absolute Gasteiger partial charge is 0.339 e. The van der Waals surface area contributed by atoms with Crippen molar-refractivity contribution in [1.29, 1.82) is 0 Å². The molecule has 4 rings (SSSR count). The maximum Gasteiger partial charge on any atom is 0.339 e. The summed E-state index contributed by atoms with van der Waals surface area (Å²) in [6.45, 7) is -0.894. The molecule has 18 nitrogen and oxygen atoms in total. The van der Waals surface area contributed by atoms with Crippen molar-refractivity contribution in [2.24, 2.45) is 0 Å². The van der Waals surface area contributed by atoms with E-state index in [0.29, 0.717) is 24.3 Å². The fraction of sp³-hybridized carbons (Fsp3) is 0.222. The van der Waals surface area contributed by atoms with Crippen molar-refractivity contribution in [3.05, 3.63) is 53.1 Å². The van der Waals surface area contributed by atoms with Gasteiger partial charge in [-0.3, -0.25) is 0 Å². The number of aliphatic hydroxyl groups is 2. The van der Waals surface area contributed by atoms with Gasteiger partial charge in [0.2, 0.25) is 0 Å². The predicted molar refractivity (Wildman–Crippen MR) is 140 cm³/mol. The summed E-state index contributed by atoms with van der Waals surface area (Å²) in [5.41, 5.74) is -1.64. The van der Waals surface area contributed by atoms with E-state index in [2.05, 4.69) is 0 Å². The van der Waals surface area contributed by atoms with E-state index < -0.39 is 124 Å². The van der Waals surface area contributed by atoms with Gasteiger partial charge < -0.3 is 75.1 Å². The molecule has 0 spiro atoms. The Hall–Kier alpha value is -5.85. The van der Waals surface area contributed by atoms with Crippen molar-refractivity contribution in [2.75, 3.05) is 6.61 Å². The zero-order chi connectivity index (χ0) is 33.3. The lowest BCUT2D eigenvalue weighted by Gasteiger charge is -2.41. The first-order valence-corrected chi connectivity index (χ1v) is 12.4. The third-order valence-corrected chi connectivity index (χ3v) is 6.42. The fourth-order valence-corrected chi connectivity index (χ4v) is 4.10. The van der Waals surface area contributed by atoms with Crippen LogP contribution in [-0.2, 0) is 18.9 Å². The Morgan fingerprint density at radius 1 is 0.556 bits per heavy atom. The summed E-state index contributed by atoms with van der Waals surface area (Å²) < 4.78 is 20.5. The molecule has 18 heteroatoms. The highest BCUT2D eigenvalue weighted by atomic mass is 16.7. The maximum absolute atomic E-state index is 12.9. The summed E-state index contributed by atoms with van der Waals surface area (Å²) in [7, 11) is 0. The van der Waals surface area contributed by atoms with E-state index in [0.717, 1.165) is 12.1 Å². The van der Waals surface area contributed by atoms with Crippen LogP contribution in [0.5, 0.6) is 51.7 Å². The zero-order valence-corrected chi connectivity index (χ0v) is 22.3. The first kappa shape index (κ1) is 32.1. The Morgan fingerprint density at radius 3 is 1.27 bits per heavy atom. The van der Waals surface area contributed by atoms with Gasteiger partial charge in [0.05, 0.1) is 16.7 Å². The van der Waals surface area contributed by atoms with Gasteiger partial charge in [-0.2, -0.15) is 0 Å². The molecular formula is C27H24O18. The van der Waals surface area contributed by atoms with Crippen molar-refractivity contribution in [3.63, 3.8) is 0 Å². The van der Waals surface area contributed by atoms with E-state index in [1.807, 2.05) is 0 Å². The van der Waals surface area contributed by atoms with Crippen LogP contribution in [0.15, 0.2) is 36.4 Å². The third kappa shape index (κ3) is 6.56. The van der Waals surface area contributed by atoms with Crippen LogP contribution in [-0.4, -0.2) is 111 Å². The number of aliphatic hydroxyl groups excluding tert-OH is 2. The SMILES string of the molecule is O=C(OC[C@H]1O[C@H](O)[C@H](OC(=O)c2cc(O)c(O)c(O)c2)[C@@H](OC(=O)c2cc(O)c(O)c(O)c2)[C@@H]1O)c1cc(O)c(O)c(O)c1. The van der Waals surface area contributed by atoms with Gasteiger partial charge in [0.15, 0.2) is 70.2 Å². The number of phenolic OH excluding ortho intramolecular Hbond substituents is 9. The molecule has 0 radical (unpaired) electrons. The van der Waals surface area contributed by atoms with Crippen LogP contribution >= 0.6 is 0 Å². The number of rotatable bonds is 7. The lowest BCUT2D eigenvalue weighted by Crippen LogP contribution is -2.61. The van der Waals surface area contributed by atoms with Crippen molar-refractivity contribution < 1.29 is 89.5 Å². The summed E-state index contributed by atoms with van der Waals surface area (Å²) in [6.07, 6.45) is -10.2. The van der Waals surface area contributed by atoms with Crippen molar-refractivity contribution in [2.45, 2.75) is 30.7 Å². The van der Waals surface area contributed by atoms with Gasteiger partial charge in [0, 0.05) is 0 Å². The van der Waals surface area contributed by atoms with Crippen LogP contribution in [0.25, 0.3) is 0 Å². The Kier molecular flexibility index (Phi) is 8.84. The second-order valence-electron chi connectivity index (χ2n) is 9.48. The second kappa shape index (κ2) is 12.4. The van der Waals surface area contributed by atoms with Crippen LogP contribution in [0, 0.1) is 0 Å². The van der Waals surface area contributed by atoms with Gasteiger partial charge in [-0.1, -0.05) is 0 Å². The molecule has 0 aromatic heterocycles. The van der Waals surface area contributed by atoms with E-state index in [4.69, 9.17) is 18.9 Å². The molecule has 1 heterocycles. The maximum atomic E-state index is 12.9. The number of hydrogen-bond acceptors (Lipinski definition) is 18. The van der Waals surface area contributed by atoms with Gasteiger partial charge in [-0.15, -0.1) is 0 Å². The summed E-state index contributed by atoms with van der Waals surface area (Å²) in [5.74, 6) is -12.4. The van der Waals surface area contributed by atoms with Crippen LogP contribution in [0.1, 0.15) is 31.1 Å². The van der Waals surface area contributed by atoms with E-state index >= 15 is 0 Å². The van der Waals surface area contributed by atoms with Crippen LogP contribution < -0.4 is 0 Å². The number of carbonyl (C=O) groups is 3. The summed E-state index contributed by atoms with van der Waals surface area (Å²) in [5, 5.41) is 108. The molecule has 0 amide bonds. The molecular weight excluding hydrogens is 612 g/mol. The normalized spacial score (nSPS) is 21.1. The highest BCUT2D eigenvalue weighted by molar-refractivity contribution is 5.92. The lowest BCUT2D eigenvalue weighted by atomic mass is 9.98. The average Bonchev–Trinajstić information content (AvgIpc) is 2.98. The van der Waals surface area contributed by atoms with E-state index in [1.54, 1.807) is 0 Å². The molecule has 240 valence electrons. The fourth-order valence-electron chi connectivity index (χ4n) is 4.10. The summed E-state index contributed by atoms with van der Waals surface area (Å²) in [6, 6.07) is 4.18. The third-order valence-electron chi connectivity index (χ3n) is 6.42. The van der Waals surface area contributed by atoms with Crippen LogP contribution in [0.3, 0.4) is 0 Å². The number of benzene rings is 3. The number of ether oxygens (including phenoxy) is 4. The number of esters is 3. The Labute approximate surface area is 249 Å². The molecule has 45 heavy (non-hydrogen) atoms. The predicted octanol–water partition coefficient (Wildman–Crippen LogP) is -0.277. The Balaban J connectivity index is 1.60. The molecule has 5 atom stereocenters. The first-order chi connectivity index (χ1) is 21.1. The second-order valence-corrected chi connectivity index (χ2v) is 9.48. The molecule has 0 aliphatic carbocycles. The highest BCUT2D eigenvalue weighted by Crippen LogP contribution is 2.38. The summed E-state index contributed by atoms with van der Waals surface area (Å²) >= 11 is 0. The van der Waals surface area contributed by atoms with Gasteiger partial charge in [-0.05, 0) is 36.4 Å². The molecule has 3 aromatic carbocycles. The van der Waals surface area contributed by atoms with E-state index in [-0.39, 0.29) is 0 Å². The standard InChI is InChI=1S/C27H24O18/c28-11-1-8(2-12(29)18(11)34)24(38)42-7-17-21(37)22(44-25(39)9-3-13(30)19(35)14(31)4-9)23(27(41)43-17)45-26(40)10-5-15(32)20(36)16(33)6-10/h1-6,17,21-23,27-37,41H,7H2/t17-,21-,22+,23-,27+/m1/s1. The zero-order valence-electron chi connectivity index (χ0n) is 22.3. The Morgan fingerprint density at radius 2 is 0.889 bits per heavy atom. The van der Waals surface area contributed by atoms with Crippen molar-refractivity contribution >= 4 is 17.9 Å². The average molecular weight is 636 g/mol. The quantitative estimate of drug-likeness (QED) is 0.0902. The number of phenols is 9. The molecule has 0 bridgehead atoms. The molecule has 1 fully saturated rings. The minimum Gasteiger partial charge on any atom is -0.504 e. The van der Waals surface area contributed by atoms with E-state index in [9.17, 15) is 70.6 Å². The van der Waals surface area contributed by atoms with Gasteiger partial charge in [0.25, 0.3) is 0 Å². The Bertz CT molecular complexity index is 1580. The van der Waals surface area contributed by atoms with Crippen LogP contribution in [0.2, 0.25) is 0 Å². The van der Waals surface area contributed by atoms with Gasteiger partial charge in [0.1, 0.15) is 18.8 Å². The van der Waals surface area contributed by atoms with Crippen molar-refractivity contribution in [3.8, 4) is 51.7 Å². The largest absolute Gasteiger partial charge is 0.504 e. The molecule has 11 N–H and O–H groups in total. The van der Waals surface area contributed by atoms with Gasteiger partial charge in [-0.25, -0.2) is 14.4 Å². The molecule has 0 saturated carbocycles. The monoisotopic (exact) mass is 636 g/mol. The highest BCUT2D eigenvalue weighted by Gasteiger charge is 2.50. The number of carbonyl (C=O) groups excluding carboxylic acids is 3. The molecule has 1 aliphatic heterocycles. The number of aromatic hydroxyl groups is 9. The minimum absolute atomic E-state index is 0.462. The number of hydrogen-bond donors (Lipinski definition) is 11. The molecule has 1 saturated heterocycles. The van der Waals surface area contributed by atoms with Gasteiger partial charge >= 0.3 is 17.9 Å². The minimum atomic E-state index is -2.23. The van der Waals surface area contributed by atoms with E-state index in [1.165, 1.54) is 0 Å². The molecule has 1 aliphatic rings. The lowest BCUT2D eigenvalue weighted by molar-refractivity contribution is -0.284. The summed E-state index contributed by atoms with van der Waals surface area (Å²) in [4.78, 5) is 38.2. The first-order valence-electron chi connectivity index (χ1n) is 12.4. The molecule has 0 unspecified atom stereocenters. The molecule has 3 aromatic rings. The topological polar surface area (TPSA) is 311 Å². The van der Waals surface area contributed by atoms with Crippen molar-refractivity contribution in [1.82, 2.24) is 0 Å².